The molecule has 2 rings (SSSR count). The minimum absolute atomic E-state index is 0.278. The zero-order chi connectivity index (χ0) is 12.3. The Kier molecular flexibility index (Phi) is 3.97. The van der Waals surface area contributed by atoms with E-state index in [2.05, 4.69) is 11.9 Å². The normalized spacial score (nSPS) is 17.6. The van der Waals surface area contributed by atoms with Gasteiger partial charge in [0.25, 0.3) is 0 Å². The summed E-state index contributed by atoms with van der Waals surface area (Å²) in [6, 6.07) is 5.14. The Hall–Kier alpha value is -1.13. The molecule has 0 radical (unpaired) electrons. The van der Waals surface area contributed by atoms with E-state index in [-0.39, 0.29) is 5.82 Å². The van der Waals surface area contributed by atoms with Crippen molar-refractivity contribution in [2.45, 2.75) is 25.4 Å². The van der Waals surface area contributed by atoms with Gasteiger partial charge in [-0.3, -0.25) is 4.90 Å². The summed E-state index contributed by atoms with van der Waals surface area (Å²) in [7, 11) is 2.08. The maximum atomic E-state index is 12.9. The highest BCUT2D eigenvalue weighted by Crippen LogP contribution is 2.19. The van der Waals surface area contributed by atoms with Crippen LogP contribution in [0.4, 0.5) is 10.1 Å². The molecule has 0 aliphatic carbocycles. The highest BCUT2D eigenvalue weighted by atomic mass is 19.1. The second-order valence-electron chi connectivity index (χ2n) is 4.60. The molecule has 0 spiro atoms. The lowest BCUT2D eigenvalue weighted by atomic mass is 10.1. The van der Waals surface area contributed by atoms with Crippen LogP contribution in [0.3, 0.4) is 0 Å². The van der Waals surface area contributed by atoms with Gasteiger partial charge in [-0.1, -0.05) is 6.07 Å². The molecule has 17 heavy (non-hydrogen) atoms. The van der Waals surface area contributed by atoms with Crippen molar-refractivity contribution in [3.63, 3.8) is 0 Å². The molecule has 94 valence electrons. The van der Waals surface area contributed by atoms with Crippen molar-refractivity contribution in [1.82, 2.24) is 4.90 Å². The molecule has 0 saturated carbocycles. The fourth-order valence-electron chi connectivity index (χ4n) is 2.23. The van der Waals surface area contributed by atoms with E-state index < -0.39 is 0 Å². The van der Waals surface area contributed by atoms with Crippen molar-refractivity contribution in [3.8, 4) is 0 Å². The van der Waals surface area contributed by atoms with Crippen LogP contribution in [-0.4, -0.2) is 31.2 Å². The number of hydrogen-bond acceptors (Lipinski definition) is 3. The lowest BCUT2D eigenvalue weighted by molar-refractivity contribution is 0.0407. The summed E-state index contributed by atoms with van der Waals surface area (Å²) >= 11 is 0. The number of ether oxygens (including phenoxy) is 1. The monoisotopic (exact) mass is 238 g/mol. The number of nitrogens with two attached hydrogens (primary N) is 1. The number of anilines is 1. The molecule has 2 N–H and O–H groups in total. The van der Waals surface area contributed by atoms with Gasteiger partial charge >= 0.3 is 0 Å². The first-order chi connectivity index (χ1) is 8.16. The van der Waals surface area contributed by atoms with E-state index in [1.165, 1.54) is 12.1 Å². The van der Waals surface area contributed by atoms with E-state index in [4.69, 9.17) is 10.5 Å². The molecule has 4 heteroatoms. The smallest absolute Gasteiger partial charge is 0.125 e. The third-order valence-electron chi connectivity index (χ3n) is 3.34. The van der Waals surface area contributed by atoms with Gasteiger partial charge in [0, 0.05) is 31.5 Å². The van der Waals surface area contributed by atoms with Gasteiger partial charge in [-0.15, -0.1) is 0 Å². The lowest BCUT2D eigenvalue weighted by Crippen LogP contribution is -2.36. The van der Waals surface area contributed by atoms with E-state index in [1.807, 2.05) is 0 Å². The summed E-state index contributed by atoms with van der Waals surface area (Å²) in [4.78, 5) is 2.27. The number of nitrogen functional groups attached to an aromatic ring is 1. The molecule has 1 saturated heterocycles. The molecule has 0 aromatic heterocycles. The van der Waals surface area contributed by atoms with Gasteiger partial charge in [-0.25, -0.2) is 4.39 Å². The highest BCUT2D eigenvalue weighted by molar-refractivity contribution is 5.46. The third-order valence-corrected chi connectivity index (χ3v) is 3.34. The molecule has 1 aromatic rings. The molecule has 3 nitrogen and oxygen atoms in total. The Morgan fingerprint density at radius 2 is 2.12 bits per heavy atom. The predicted molar refractivity (Wildman–Crippen MR) is 66.1 cm³/mol. The quantitative estimate of drug-likeness (QED) is 0.819. The fourth-order valence-corrected chi connectivity index (χ4v) is 2.23. The Balaban J connectivity index is 1.99. The molecule has 0 atom stereocenters. The zero-order valence-corrected chi connectivity index (χ0v) is 10.2. The van der Waals surface area contributed by atoms with E-state index in [0.717, 1.165) is 38.2 Å². The minimum Gasteiger partial charge on any atom is -0.398 e. The molecule has 0 bridgehead atoms. The number of nitrogens with zero attached hydrogens (tertiary/aromatic N) is 1. The summed E-state index contributed by atoms with van der Waals surface area (Å²) in [6.07, 6.45) is 2.11. The van der Waals surface area contributed by atoms with Gasteiger partial charge in [0.2, 0.25) is 0 Å². The van der Waals surface area contributed by atoms with Crippen LogP contribution in [0, 0.1) is 5.82 Å². The molecular weight excluding hydrogens is 219 g/mol. The molecule has 1 heterocycles. The Bertz CT molecular complexity index is 378. The lowest BCUT2D eigenvalue weighted by Gasteiger charge is -2.31. The summed E-state index contributed by atoms with van der Waals surface area (Å²) in [5.74, 6) is -0.278. The number of hydrogen-bond donors (Lipinski definition) is 1. The average Bonchev–Trinajstić information content (AvgIpc) is 2.34. The first kappa shape index (κ1) is 12.3. The van der Waals surface area contributed by atoms with Crippen LogP contribution in [0.1, 0.15) is 18.4 Å². The van der Waals surface area contributed by atoms with Crippen molar-refractivity contribution >= 4 is 5.69 Å². The SMILES string of the molecule is CN(Cc1ccc(F)cc1N)C1CCOCC1. The first-order valence-electron chi connectivity index (χ1n) is 5.98. The van der Waals surface area contributed by atoms with Crippen molar-refractivity contribution in [2.24, 2.45) is 0 Å². The van der Waals surface area contributed by atoms with Crippen LogP contribution < -0.4 is 5.73 Å². The number of halogens is 1. The van der Waals surface area contributed by atoms with E-state index in [1.54, 1.807) is 6.07 Å². The van der Waals surface area contributed by atoms with Crippen LogP contribution >= 0.6 is 0 Å². The molecule has 0 unspecified atom stereocenters. The largest absolute Gasteiger partial charge is 0.398 e. The maximum Gasteiger partial charge on any atom is 0.125 e. The van der Waals surface area contributed by atoms with Gasteiger partial charge < -0.3 is 10.5 Å². The highest BCUT2D eigenvalue weighted by Gasteiger charge is 2.18. The van der Waals surface area contributed by atoms with E-state index in [9.17, 15) is 4.39 Å². The van der Waals surface area contributed by atoms with Crippen molar-refractivity contribution < 1.29 is 9.13 Å². The minimum atomic E-state index is -0.278. The van der Waals surface area contributed by atoms with Crippen LogP contribution in [0.15, 0.2) is 18.2 Å². The number of rotatable bonds is 3. The standard InChI is InChI=1S/C13H19FN2O/c1-16(12-4-6-17-7-5-12)9-10-2-3-11(14)8-13(10)15/h2-3,8,12H,4-7,9,15H2,1H3. The predicted octanol–water partition coefficient (Wildman–Crippen LogP) is 2.02. The molecule has 1 aliphatic rings. The third kappa shape index (κ3) is 3.17. The Labute approximate surface area is 101 Å². The van der Waals surface area contributed by atoms with E-state index >= 15 is 0 Å². The van der Waals surface area contributed by atoms with Crippen LogP contribution in [0.2, 0.25) is 0 Å². The maximum absolute atomic E-state index is 12.9. The molecule has 1 fully saturated rings. The zero-order valence-electron chi connectivity index (χ0n) is 10.2. The van der Waals surface area contributed by atoms with Crippen molar-refractivity contribution in [1.29, 1.82) is 0 Å². The molecule has 1 aromatic carbocycles. The fraction of sp³-hybridized carbons (Fsp3) is 0.538. The Morgan fingerprint density at radius 3 is 2.76 bits per heavy atom. The van der Waals surface area contributed by atoms with Crippen LogP contribution in [0.5, 0.6) is 0 Å². The van der Waals surface area contributed by atoms with E-state index in [0.29, 0.717) is 11.7 Å². The topological polar surface area (TPSA) is 38.5 Å². The molecule has 1 aliphatic heterocycles. The summed E-state index contributed by atoms with van der Waals surface area (Å²) in [6.45, 7) is 2.42. The second kappa shape index (κ2) is 5.47. The van der Waals surface area contributed by atoms with Crippen LogP contribution in [-0.2, 0) is 11.3 Å². The first-order valence-corrected chi connectivity index (χ1v) is 5.98. The molecular formula is C13H19FN2O. The average molecular weight is 238 g/mol. The van der Waals surface area contributed by atoms with Gasteiger partial charge in [0.15, 0.2) is 0 Å². The Morgan fingerprint density at radius 1 is 1.41 bits per heavy atom. The summed E-state index contributed by atoms with van der Waals surface area (Å²) in [5.41, 5.74) is 7.33. The number of benzene rings is 1. The van der Waals surface area contributed by atoms with Gasteiger partial charge in [0.05, 0.1) is 0 Å². The van der Waals surface area contributed by atoms with Crippen molar-refractivity contribution in [2.75, 3.05) is 26.0 Å². The van der Waals surface area contributed by atoms with Gasteiger partial charge in [-0.05, 0) is 37.6 Å². The summed E-state index contributed by atoms with van der Waals surface area (Å²) < 4.78 is 18.3. The second-order valence-corrected chi connectivity index (χ2v) is 4.60. The van der Waals surface area contributed by atoms with Crippen molar-refractivity contribution in [3.05, 3.63) is 29.6 Å². The van der Waals surface area contributed by atoms with Gasteiger partial charge in [0.1, 0.15) is 5.82 Å². The summed E-state index contributed by atoms with van der Waals surface area (Å²) in [5, 5.41) is 0. The molecule has 0 amide bonds. The van der Waals surface area contributed by atoms with Crippen LogP contribution in [0.25, 0.3) is 0 Å². The van der Waals surface area contributed by atoms with Gasteiger partial charge in [-0.2, -0.15) is 0 Å².